The van der Waals surface area contributed by atoms with Crippen molar-refractivity contribution in [3.8, 4) is 0 Å². The van der Waals surface area contributed by atoms with Crippen LogP contribution in [0, 0.1) is 11.7 Å². The zero-order valence-electron chi connectivity index (χ0n) is 11.0. The molecule has 0 atom stereocenters. The van der Waals surface area contributed by atoms with Crippen molar-refractivity contribution < 1.29 is 14.3 Å². The van der Waals surface area contributed by atoms with Crippen LogP contribution in [-0.4, -0.2) is 26.4 Å². The summed E-state index contributed by atoms with van der Waals surface area (Å²) >= 11 is 1.15. The lowest BCUT2D eigenvalue weighted by Gasteiger charge is -2.35. The predicted molar refractivity (Wildman–Crippen MR) is 75.5 cm³/mol. The van der Waals surface area contributed by atoms with Gasteiger partial charge in [-0.25, -0.2) is 9.37 Å². The molecule has 1 aromatic heterocycles. The van der Waals surface area contributed by atoms with Crippen LogP contribution in [-0.2, 0) is 4.79 Å². The predicted octanol–water partition coefficient (Wildman–Crippen LogP) is 3.32. The highest BCUT2D eigenvalue weighted by molar-refractivity contribution is 7.99. The third-order valence-electron chi connectivity index (χ3n) is 3.68. The molecular weight excluding hydrogens is 279 g/mol. The number of benzene rings is 1. The largest absolute Gasteiger partial charge is 0.481 e. The standard InChI is InChI=1S/C14H15FN2O2S/c1-8-5-9(6-8)17-11-4-2-3-10(15)13(11)16-14(17)20-7-12(18)19/h2-4,8-9H,5-7H2,1H3,(H,18,19). The maximum absolute atomic E-state index is 13.8. The SMILES string of the molecule is CC1CC(n2c(SCC(=O)O)nc3c(F)cccc32)C1. The Hall–Kier alpha value is -1.56. The van der Waals surface area contributed by atoms with E-state index in [1.807, 2.05) is 10.6 Å². The smallest absolute Gasteiger partial charge is 0.313 e. The number of halogens is 1. The Morgan fingerprint density at radius 3 is 2.95 bits per heavy atom. The van der Waals surface area contributed by atoms with Crippen molar-refractivity contribution >= 4 is 28.8 Å². The summed E-state index contributed by atoms with van der Waals surface area (Å²) in [6, 6.07) is 5.20. The first-order valence-corrected chi connectivity index (χ1v) is 7.56. The number of imidazole rings is 1. The summed E-state index contributed by atoms with van der Waals surface area (Å²) in [7, 11) is 0. The second kappa shape index (κ2) is 5.09. The first kappa shape index (κ1) is 13.4. The third-order valence-corrected chi connectivity index (χ3v) is 4.61. The van der Waals surface area contributed by atoms with Gasteiger partial charge >= 0.3 is 5.97 Å². The number of aromatic nitrogens is 2. The van der Waals surface area contributed by atoms with Crippen LogP contribution < -0.4 is 0 Å². The molecule has 0 bridgehead atoms. The van der Waals surface area contributed by atoms with Crippen LogP contribution in [0.2, 0.25) is 0 Å². The number of hydrogen-bond donors (Lipinski definition) is 1. The molecule has 1 N–H and O–H groups in total. The fourth-order valence-corrected chi connectivity index (χ4v) is 3.51. The van der Waals surface area contributed by atoms with Crippen molar-refractivity contribution in [1.29, 1.82) is 0 Å². The lowest BCUT2D eigenvalue weighted by molar-refractivity contribution is -0.133. The Kier molecular flexibility index (Phi) is 3.41. The summed E-state index contributed by atoms with van der Waals surface area (Å²) in [6.45, 7) is 2.18. The summed E-state index contributed by atoms with van der Waals surface area (Å²) in [4.78, 5) is 15.0. The van der Waals surface area contributed by atoms with Gasteiger partial charge in [0.2, 0.25) is 0 Å². The number of fused-ring (bicyclic) bond motifs is 1. The van der Waals surface area contributed by atoms with Crippen molar-refractivity contribution in [3.63, 3.8) is 0 Å². The molecule has 2 aromatic rings. The van der Waals surface area contributed by atoms with E-state index in [-0.39, 0.29) is 11.6 Å². The number of carboxylic acid groups (broad SMARTS) is 1. The first-order chi connectivity index (χ1) is 9.56. The fourth-order valence-electron chi connectivity index (χ4n) is 2.71. The molecule has 0 aliphatic heterocycles. The summed E-state index contributed by atoms with van der Waals surface area (Å²) in [5, 5.41) is 9.42. The van der Waals surface area contributed by atoms with E-state index in [2.05, 4.69) is 11.9 Å². The first-order valence-electron chi connectivity index (χ1n) is 6.57. The second-order valence-corrected chi connectivity index (χ2v) is 6.23. The van der Waals surface area contributed by atoms with E-state index in [1.54, 1.807) is 6.07 Å². The van der Waals surface area contributed by atoms with Crippen LogP contribution in [0.25, 0.3) is 11.0 Å². The van der Waals surface area contributed by atoms with Crippen LogP contribution in [0.15, 0.2) is 23.4 Å². The number of nitrogens with zero attached hydrogens (tertiary/aromatic N) is 2. The van der Waals surface area contributed by atoms with Gasteiger partial charge in [0.05, 0.1) is 11.3 Å². The topological polar surface area (TPSA) is 55.1 Å². The lowest BCUT2D eigenvalue weighted by atomic mass is 9.81. The molecule has 6 heteroatoms. The maximum Gasteiger partial charge on any atom is 0.313 e. The summed E-state index contributed by atoms with van der Waals surface area (Å²) < 4.78 is 15.8. The number of para-hydroxylation sites is 1. The molecule has 1 aliphatic carbocycles. The molecule has 1 heterocycles. The van der Waals surface area contributed by atoms with E-state index < -0.39 is 5.97 Å². The molecule has 1 saturated carbocycles. The van der Waals surface area contributed by atoms with Crippen LogP contribution >= 0.6 is 11.8 Å². The van der Waals surface area contributed by atoms with E-state index >= 15 is 0 Å². The number of rotatable bonds is 4. The van der Waals surface area contributed by atoms with Gasteiger partial charge in [0.25, 0.3) is 0 Å². The average Bonchev–Trinajstić information content (AvgIpc) is 2.72. The molecule has 106 valence electrons. The van der Waals surface area contributed by atoms with Crippen molar-refractivity contribution in [3.05, 3.63) is 24.0 Å². The van der Waals surface area contributed by atoms with Gasteiger partial charge in [0.1, 0.15) is 5.52 Å². The maximum atomic E-state index is 13.8. The molecule has 1 fully saturated rings. The zero-order valence-corrected chi connectivity index (χ0v) is 11.9. The minimum absolute atomic E-state index is 0.0623. The van der Waals surface area contributed by atoms with Crippen molar-refractivity contribution in [2.45, 2.75) is 31.0 Å². The third kappa shape index (κ3) is 2.28. The molecule has 20 heavy (non-hydrogen) atoms. The number of thioether (sulfide) groups is 1. The van der Waals surface area contributed by atoms with Crippen molar-refractivity contribution in [2.75, 3.05) is 5.75 Å². The van der Waals surface area contributed by atoms with Gasteiger partial charge in [0, 0.05) is 6.04 Å². The van der Waals surface area contributed by atoms with Gasteiger partial charge in [-0.1, -0.05) is 24.8 Å². The molecule has 1 aliphatic rings. The Bertz CT molecular complexity index is 664. The van der Waals surface area contributed by atoms with Crippen LogP contribution in [0.4, 0.5) is 4.39 Å². The zero-order chi connectivity index (χ0) is 14.3. The monoisotopic (exact) mass is 294 g/mol. The van der Waals surface area contributed by atoms with Crippen LogP contribution in [0.1, 0.15) is 25.8 Å². The van der Waals surface area contributed by atoms with E-state index in [9.17, 15) is 9.18 Å². The second-order valence-electron chi connectivity index (χ2n) is 5.28. The van der Waals surface area contributed by atoms with Crippen molar-refractivity contribution in [2.24, 2.45) is 5.92 Å². The number of aliphatic carboxylic acids is 1. The Morgan fingerprint density at radius 1 is 1.55 bits per heavy atom. The Morgan fingerprint density at radius 2 is 2.30 bits per heavy atom. The van der Waals surface area contributed by atoms with Crippen LogP contribution in [0.5, 0.6) is 0 Å². The van der Waals surface area contributed by atoms with Crippen LogP contribution in [0.3, 0.4) is 0 Å². The van der Waals surface area contributed by atoms with Gasteiger partial charge in [-0.2, -0.15) is 0 Å². The average molecular weight is 294 g/mol. The minimum atomic E-state index is -0.893. The summed E-state index contributed by atoms with van der Waals surface area (Å²) in [6.07, 6.45) is 2.06. The Balaban J connectivity index is 2.04. The molecule has 1 aromatic carbocycles. The molecule has 4 nitrogen and oxygen atoms in total. The van der Waals surface area contributed by atoms with E-state index in [1.165, 1.54) is 6.07 Å². The van der Waals surface area contributed by atoms with Crippen molar-refractivity contribution in [1.82, 2.24) is 9.55 Å². The summed E-state index contributed by atoms with van der Waals surface area (Å²) in [5.41, 5.74) is 1.09. The fraction of sp³-hybridized carbons (Fsp3) is 0.429. The normalized spacial score (nSPS) is 21.9. The van der Waals surface area contributed by atoms with E-state index in [0.29, 0.717) is 22.6 Å². The molecule has 3 rings (SSSR count). The van der Waals surface area contributed by atoms with Gasteiger partial charge in [-0.3, -0.25) is 4.79 Å². The summed E-state index contributed by atoms with van der Waals surface area (Å²) in [5.74, 6) is -0.655. The lowest BCUT2D eigenvalue weighted by Crippen LogP contribution is -2.25. The molecule has 0 spiro atoms. The highest BCUT2D eigenvalue weighted by Crippen LogP contribution is 2.42. The van der Waals surface area contributed by atoms with Gasteiger partial charge in [0.15, 0.2) is 11.0 Å². The quantitative estimate of drug-likeness (QED) is 0.879. The minimum Gasteiger partial charge on any atom is -0.481 e. The molecule has 0 saturated heterocycles. The molecular formula is C14H15FN2O2S. The Labute approximate surface area is 120 Å². The van der Waals surface area contributed by atoms with Gasteiger partial charge in [-0.05, 0) is 30.9 Å². The van der Waals surface area contributed by atoms with Gasteiger partial charge < -0.3 is 9.67 Å². The highest BCUT2D eigenvalue weighted by Gasteiger charge is 2.30. The molecule has 0 unspecified atom stereocenters. The van der Waals surface area contributed by atoms with E-state index in [4.69, 9.17) is 5.11 Å². The van der Waals surface area contributed by atoms with E-state index in [0.717, 1.165) is 30.1 Å². The number of carbonyl (C=O) groups is 1. The van der Waals surface area contributed by atoms with Gasteiger partial charge in [-0.15, -0.1) is 0 Å². The number of carboxylic acids is 1. The molecule has 0 amide bonds. The highest BCUT2D eigenvalue weighted by atomic mass is 32.2. The number of hydrogen-bond acceptors (Lipinski definition) is 3. The molecule has 0 radical (unpaired) electrons.